The third kappa shape index (κ3) is 6.27. The summed E-state index contributed by atoms with van der Waals surface area (Å²) in [5.41, 5.74) is 5.05. The van der Waals surface area contributed by atoms with E-state index in [1.807, 2.05) is 43.3 Å². The van der Waals surface area contributed by atoms with Gasteiger partial charge in [-0.05, 0) is 42.0 Å². The minimum absolute atomic E-state index is 0.146. The molecule has 0 spiro atoms. The van der Waals surface area contributed by atoms with Gasteiger partial charge in [-0.3, -0.25) is 9.59 Å². The predicted octanol–water partition coefficient (Wildman–Crippen LogP) is 2.24. The van der Waals surface area contributed by atoms with Crippen molar-refractivity contribution in [3.05, 3.63) is 54.1 Å². The van der Waals surface area contributed by atoms with Gasteiger partial charge >= 0.3 is 0 Å². The van der Waals surface area contributed by atoms with E-state index in [1.54, 1.807) is 30.5 Å². The van der Waals surface area contributed by atoms with Crippen LogP contribution in [0.3, 0.4) is 0 Å². The molecule has 0 aliphatic carbocycles. The molecule has 26 heavy (non-hydrogen) atoms. The molecule has 0 saturated heterocycles. The topological polar surface area (TPSA) is 83.0 Å². The summed E-state index contributed by atoms with van der Waals surface area (Å²) in [6.07, 6.45) is 1.57. The van der Waals surface area contributed by atoms with Gasteiger partial charge in [0.15, 0.2) is 6.61 Å². The van der Waals surface area contributed by atoms with Gasteiger partial charge in [-0.15, -0.1) is 0 Å². The second kappa shape index (κ2) is 9.22. The van der Waals surface area contributed by atoms with Crippen LogP contribution in [0.5, 0.6) is 5.75 Å². The van der Waals surface area contributed by atoms with Gasteiger partial charge in [0.05, 0.1) is 6.21 Å². The van der Waals surface area contributed by atoms with E-state index in [9.17, 15) is 9.59 Å². The van der Waals surface area contributed by atoms with E-state index in [2.05, 4.69) is 15.8 Å². The van der Waals surface area contributed by atoms with Crippen LogP contribution in [0, 0.1) is 0 Å². The van der Waals surface area contributed by atoms with Crippen molar-refractivity contribution in [1.29, 1.82) is 0 Å². The lowest BCUT2D eigenvalue weighted by atomic mass is 10.2. The number of hydrogen-bond acceptors (Lipinski definition) is 5. The Hall–Kier alpha value is -3.35. The summed E-state index contributed by atoms with van der Waals surface area (Å²) in [4.78, 5) is 24.7. The fourth-order valence-electron chi connectivity index (χ4n) is 2.06. The minimum atomic E-state index is -0.364. The number of amides is 2. The summed E-state index contributed by atoms with van der Waals surface area (Å²) < 4.78 is 5.37. The van der Waals surface area contributed by atoms with Gasteiger partial charge < -0.3 is 15.0 Å². The van der Waals surface area contributed by atoms with Crippen molar-refractivity contribution in [2.75, 3.05) is 30.9 Å². The number of nitrogens with zero attached hydrogens (tertiary/aromatic N) is 2. The first-order valence-electron chi connectivity index (χ1n) is 8.04. The maximum absolute atomic E-state index is 11.7. The molecule has 136 valence electrons. The van der Waals surface area contributed by atoms with E-state index in [-0.39, 0.29) is 18.4 Å². The van der Waals surface area contributed by atoms with Crippen LogP contribution in [-0.4, -0.2) is 38.7 Å². The second-order valence-electron chi connectivity index (χ2n) is 5.77. The van der Waals surface area contributed by atoms with E-state index >= 15 is 0 Å². The third-order valence-corrected chi connectivity index (χ3v) is 3.36. The molecule has 0 atom stereocenters. The molecule has 7 nitrogen and oxygen atoms in total. The van der Waals surface area contributed by atoms with Crippen LogP contribution in [0.4, 0.5) is 11.4 Å². The van der Waals surface area contributed by atoms with E-state index in [4.69, 9.17) is 4.74 Å². The Morgan fingerprint density at radius 2 is 1.73 bits per heavy atom. The summed E-state index contributed by atoms with van der Waals surface area (Å²) >= 11 is 0. The quantitative estimate of drug-likeness (QED) is 0.590. The first-order chi connectivity index (χ1) is 12.4. The molecule has 2 N–H and O–H groups in total. The summed E-state index contributed by atoms with van der Waals surface area (Å²) in [6, 6.07) is 14.5. The van der Waals surface area contributed by atoms with Crippen LogP contribution >= 0.6 is 0 Å². The van der Waals surface area contributed by atoms with Crippen molar-refractivity contribution in [3.8, 4) is 5.75 Å². The first kappa shape index (κ1) is 19.0. The van der Waals surface area contributed by atoms with Gasteiger partial charge in [-0.25, -0.2) is 5.43 Å². The number of benzene rings is 2. The monoisotopic (exact) mass is 354 g/mol. The van der Waals surface area contributed by atoms with Crippen LogP contribution in [0.15, 0.2) is 53.6 Å². The minimum Gasteiger partial charge on any atom is -0.484 e. The Morgan fingerprint density at radius 1 is 1.08 bits per heavy atom. The summed E-state index contributed by atoms with van der Waals surface area (Å²) in [6.45, 7) is 1.28. The summed E-state index contributed by atoms with van der Waals surface area (Å²) in [5.74, 6) is 0.0156. The van der Waals surface area contributed by atoms with Gasteiger partial charge in [0.1, 0.15) is 5.75 Å². The molecule has 0 aliphatic heterocycles. The van der Waals surface area contributed by atoms with Gasteiger partial charge in [0.25, 0.3) is 5.91 Å². The highest BCUT2D eigenvalue weighted by Crippen LogP contribution is 2.15. The molecule has 0 aliphatic rings. The van der Waals surface area contributed by atoms with Crippen molar-refractivity contribution in [3.63, 3.8) is 0 Å². The number of anilines is 2. The zero-order valence-electron chi connectivity index (χ0n) is 15.0. The molecule has 0 radical (unpaired) electrons. The maximum Gasteiger partial charge on any atom is 0.277 e. The average molecular weight is 354 g/mol. The molecule has 0 fully saturated rings. The lowest BCUT2D eigenvalue weighted by Gasteiger charge is -2.11. The first-order valence-corrected chi connectivity index (χ1v) is 8.04. The highest BCUT2D eigenvalue weighted by atomic mass is 16.5. The molecule has 2 aromatic carbocycles. The Bertz CT molecular complexity index is 768. The van der Waals surface area contributed by atoms with Crippen molar-refractivity contribution < 1.29 is 14.3 Å². The molecular formula is C19H22N4O3. The van der Waals surface area contributed by atoms with E-state index in [0.29, 0.717) is 11.4 Å². The van der Waals surface area contributed by atoms with E-state index in [0.717, 1.165) is 11.3 Å². The SMILES string of the molecule is CC(=O)Nc1ccc(OCC(=O)N/N=C/c2ccc(N(C)C)cc2)cc1. The fourth-order valence-corrected chi connectivity index (χ4v) is 2.06. The zero-order valence-corrected chi connectivity index (χ0v) is 15.0. The molecule has 2 aromatic rings. The van der Waals surface area contributed by atoms with E-state index < -0.39 is 0 Å². The number of carbonyl (C=O) groups is 2. The summed E-state index contributed by atoms with van der Waals surface area (Å²) in [7, 11) is 3.94. The van der Waals surface area contributed by atoms with Gasteiger partial charge in [-0.1, -0.05) is 12.1 Å². The summed E-state index contributed by atoms with van der Waals surface area (Å²) in [5, 5.41) is 6.56. The predicted molar refractivity (Wildman–Crippen MR) is 103 cm³/mol. The Balaban J connectivity index is 1.77. The Kier molecular flexibility index (Phi) is 6.73. The van der Waals surface area contributed by atoms with Gasteiger partial charge in [0.2, 0.25) is 5.91 Å². The average Bonchev–Trinajstić information content (AvgIpc) is 2.61. The molecule has 0 saturated carbocycles. The molecule has 0 unspecified atom stereocenters. The van der Waals surface area contributed by atoms with Crippen LogP contribution in [0.25, 0.3) is 0 Å². The smallest absolute Gasteiger partial charge is 0.277 e. The molecular weight excluding hydrogens is 332 g/mol. The number of hydrazone groups is 1. The van der Waals surface area contributed by atoms with Crippen molar-refractivity contribution in [2.24, 2.45) is 5.10 Å². The second-order valence-corrected chi connectivity index (χ2v) is 5.77. The number of carbonyl (C=O) groups excluding carboxylic acids is 2. The van der Waals surface area contributed by atoms with Crippen molar-refractivity contribution >= 4 is 29.4 Å². The number of nitrogens with one attached hydrogen (secondary N) is 2. The van der Waals surface area contributed by atoms with Crippen molar-refractivity contribution in [2.45, 2.75) is 6.92 Å². The van der Waals surface area contributed by atoms with Crippen molar-refractivity contribution in [1.82, 2.24) is 5.43 Å². The largest absolute Gasteiger partial charge is 0.484 e. The van der Waals surface area contributed by atoms with Crippen LogP contribution in [0.2, 0.25) is 0 Å². The van der Waals surface area contributed by atoms with Crippen LogP contribution < -0.4 is 20.4 Å². The number of rotatable bonds is 7. The Morgan fingerprint density at radius 3 is 2.31 bits per heavy atom. The molecule has 2 amide bonds. The van der Waals surface area contributed by atoms with Gasteiger partial charge in [-0.2, -0.15) is 5.10 Å². The highest BCUT2D eigenvalue weighted by Gasteiger charge is 2.02. The van der Waals surface area contributed by atoms with E-state index in [1.165, 1.54) is 6.92 Å². The standard InChI is InChI=1S/C19H22N4O3/c1-14(24)21-16-6-10-18(11-7-16)26-13-19(25)22-20-12-15-4-8-17(9-5-15)23(2)3/h4-12H,13H2,1-3H3,(H,21,24)(H,22,25)/b20-12+. The molecule has 0 heterocycles. The van der Waals surface area contributed by atoms with Crippen LogP contribution in [-0.2, 0) is 9.59 Å². The normalized spacial score (nSPS) is 10.4. The third-order valence-electron chi connectivity index (χ3n) is 3.36. The lowest BCUT2D eigenvalue weighted by molar-refractivity contribution is -0.123. The molecule has 2 rings (SSSR count). The zero-order chi connectivity index (χ0) is 18.9. The number of hydrogen-bond donors (Lipinski definition) is 2. The fraction of sp³-hybridized carbons (Fsp3) is 0.211. The molecule has 0 bridgehead atoms. The van der Waals surface area contributed by atoms with Crippen LogP contribution in [0.1, 0.15) is 12.5 Å². The molecule has 0 aromatic heterocycles. The Labute approximate surface area is 152 Å². The lowest BCUT2D eigenvalue weighted by Crippen LogP contribution is -2.24. The molecule has 7 heteroatoms. The highest BCUT2D eigenvalue weighted by molar-refractivity contribution is 5.88. The van der Waals surface area contributed by atoms with Gasteiger partial charge in [0, 0.05) is 32.4 Å². The number of ether oxygens (including phenoxy) is 1. The maximum atomic E-state index is 11.7.